The zero-order valence-corrected chi connectivity index (χ0v) is 7.83. The molecule has 0 saturated carbocycles. The second kappa shape index (κ2) is 3.14. The second-order valence-electron chi connectivity index (χ2n) is 3.05. The lowest BCUT2D eigenvalue weighted by molar-refractivity contribution is -0.0251. The Kier molecular flexibility index (Phi) is 2.64. The Morgan fingerprint density at radius 1 is 1.70 bits per heavy atom. The van der Waals surface area contributed by atoms with Crippen molar-refractivity contribution in [2.75, 3.05) is 5.75 Å². The molecule has 60 valence electrons. The number of rotatable bonds is 1. The lowest BCUT2D eigenvalue weighted by Gasteiger charge is -2.36. The van der Waals surface area contributed by atoms with Crippen molar-refractivity contribution in [1.29, 1.82) is 0 Å². The summed E-state index contributed by atoms with van der Waals surface area (Å²) in [4.78, 5) is 0.109. The highest BCUT2D eigenvalue weighted by Crippen LogP contribution is 2.36. The maximum atomic E-state index is 5.79. The minimum Gasteiger partial charge on any atom is -0.362 e. The Labute approximate surface area is 67.5 Å². The summed E-state index contributed by atoms with van der Waals surface area (Å²) in [6.45, 7) is 6.53. The number of thioether (sulfide) groups is 1. The molecular weight excluding hydrogens is 144 g/mol. The fraction of sp³-hybridized carbons (Fsp3) is 1.00. The Balaban J connectivity index is 2.45. The molecule has 1 heterocycles. The lowest BCUT2D eigenvalue weighted by Crippen LogP contribution is -2.33. The van der Waals surface area contributed by atoms with E-state index >= 15 is 0 Å². The molecule has 10 heavy (non-hydrogen) atoms. The van der Waals surface area contributed by atoms with Crippen LogP contribution in [0.3, 0.4) is 0 Å². The monoisotopic (exact) mass is 160 g/mol. The summed E-state index contributed by atoms with van der Waals surface area (Å²) >= 11 is 1.95. The molecule has 1 aliphatic heterocycles. The first-order valence-corrected chi connectivity index (χ1v) is 4.96. The molecule has 0 bridgehead atoms. The first-order chi connectivity index (χ1) is 4.66. The van der Waals surface area contributed by atoms with Gasteiger partial charge in [0.05, 0.1) is 6.10 Å². The van der Waals surface area contributed by atoms with Crippen LogP contribution in [-0.2, 0) is 4.74 Å². The van der Waals surface area contributed by atoms with Gasteiger partial charge >= 0.3 is 0 Å². The van der Waals surface area contributed by atoms with E-state index in [4.69, 9.17) is 4.74 Å². The van der Waals surface area contributed by atoms with E-state index in [1.807, 2.05) is 11.8 Å². The van der Waals surface area contributed by atoms with Crippen LogP contribution in [0.15, 0.2) is 0 Å². The Hall–Kier alpha value is 0.310. The largest absolute Gasteiger partial charge is 0.362 e. The molecule has 1 nitrogen and oxygen atoms in total. The van der Waals surface area contributed by atoms with Crippen molar-refractivity contribution in [3.05, 3.63) is 0 Å². The molecule has 0 aromatic rings. The summed E-state index contributed by atoms with van der Waals surface area (Å²) in [5, 5.41) is 0. The van der Waals surface area contributed by atoms with Gasteiger partial charge in [-0.05, 0) is 32.4 Å². The molecule has 2 heteroatoms. The van der Waals surface area contributed by atoms with Gasteiger partial charge < -0.3 is 4.74 Å². The molecule has 0 aromatic heterocycles. The predicted octanol–water partition coefficient (Wildman–Crippen LogP) is 2.65. The van der Waals surface area contributed by atoms with Crippen LogP contribution < -0.4 is 0 Å². The van der Waals surface area contributed by atoms with Crippen LogP contribution in [0.1, 0.15) is 33.6 Å². The van der Waals surface area contributed by atoms with Gasteiger partial charge in [-0.25, -0.2) is 0 Å². The third-order valence-electron chi connectivity index (χ3n) is 2.02. The Bertz CT molecular complexity index is 116. The molecule has 0 unspecified atom stereocenters. The molecule has 0 amide bonds. The minimum absolute atomic E-state index is 0.109. The maximum absolute atomic E-state index is 5.79. The van der Waals surface area contributed by atoms with E-state index in [2.05, 4.69) is 20.8 Å². The van der Waals surface area contributed by atoms with Gasteiger partial charge in [0, 0.05) is 0 Å². The van der Waals surface area contributed by atoms with E-state index in [0.717, 1.165) is 6.42 Å². The van der Waals surface area contributed by atoms with Crippen molar-refractivity contribution in [3.63, 3.8) is 0 Å². The SMILES string of the molecule is CC[C@@]1(C)O[C@@H](C)CCS1. The number of hydrogen-bond donors (Lipinski definition) is 0. The summed E-state index contributed by atoms with van der Waals surface area (Å²) in [5.41, 5.74) is 0. The lowest BCUT2D eigenvalue weighted by atomic mass is 10.2. The standard InChI is InChI=1S/C8H16OS/c1-4-8(3)9-7(2)5-6-10-8/h7H,4-6H2,1-3H3/t7-,8-/m0/s1. The maximum Gasteiger partial charge on any atom is 0.111 e. The fourth-order valence-electron chi connectivity index (χ4n) is 1.14. The first kappa shape index (κ1) is 8.41. The van der Waals surface area contributed by atoms with Crippen LogP contribution >= 0.6 is 11.8 Å². The molecule has 0 N–H and O–H groups in total. The highest BCUT2D eigenvalue weighted by molar-refractivity contribution is 8.00. The highest BCUT2D eigenvalue weighted by Gasteiger charge is 2.29. The van der Waals surface area contributed by atoms with Crippen LogP contribution in [-0.4, -0.2) is 16.8 Å². The second-order valence-corrected chi connectivity index (χ2v) is 4.61. The van der Waals surface area contributed by atoms with Gasteiger partial charge in [0.25, 0.3) is 0 Å². The van der Waals surface area contributed by atoms with Gasteiger partial charge in [-0.3, -0.25) is 0 Å². The van der Waals surface area contributed by atoms with E-state index in [-0.39, 0.29) is 4.93 Å². The van der Waals surface area contributed by atoms with Crippen LogP contribution in [0.2, 0.25) is 0 Å². The van der Waals surface area contributed by atoms with Gasteiger partial charge in [0.15, 0.2) is 0 Å². The van der Waals surface area contributed by atoms with Crippen molar-refractivity contribution in [3.8, 4) is 0 Å². The van der Waals surface area contributed by atoms with Gasteiger partial charge in [-0.15, -0.1) is 11.8 Å². The molecule has 1 saturated heterocycles. The zero-order valence-electron chi connectivity index (χ0n) is 7.02. The van der Waals surface area contributed by atoms with Crippen molar-refractivity contribution in [2.45, 2.75) is 44.6 Å². The predicted molar refractivity (Wildman–Crippen MR) is 46.3 cm³/mol. The third-order valence-corrected chi connectivity index (χ3v) is 3.46. The zero-order chi connectivity index (χ0) is 7.61. The van der Waals surface area contributed by atoms with Crippen LogP contribution in [0, 0.1) is 0 Å². The van der Waals surface area contributed by atoms with Crippen LogP contribution in [0.4, 0.5) is 0 Å². The summed E-state index contributed by atoms with van der Waals surface area (Å²) < 4.78 is 5.79. The van der Waals surface area contributed by atoms with E-state index in [9.17, 15) is 0 Å². The average Bonchev–Trinajstić information content (AvgIpc) is 1.88. The molecule has 0 aromatic carbocycles. The molecule has 0 radical (unpaired) electrons. The average molecular weight is 160 g/mol. The quantitative estimate of drug-likeness (QED) is 0.583. The smallest absolute Gasteiger partial charge is 0.111 e. The summed E-state index contributed by atoms with van der Waals surface area (Å²) in [6, 6.07) is 0. The van der Waals surface area contributed by atoms with Crippen molar-refractivity contribution in [2.24, 2.45) is 0 Å². The summed E-state index contributed by atoms with van der Waals surface area (Å²) in [7, 11) is 0. The van der Waals surface area contributed by atoms with E-state index < -0.39 is 0 Å². The van der Waals surface area contributed by atoms with E-state index in [0.29, 0.717) is 6.10 Å². The fourth-order valence-corrected chi connectivity index (χ4v) is 2.46. The van der Waals surface area contributed by atoms with E-state index in [1.54, 1.807) is 0 Å². The van der Waals surface area contributed by atoms with E-state index in [1.165, 1.54) is 12.2 Å². The molecule has 1 fully saturated rings. The van der Waals surface area contributed by atoms with Crippen molar-refractivity contribution in [1.82, 2.24) is 0 Å². The Morgan fingerprint density at radius 3 is 2.80 bits per heavy atom. The first-order valence-electron chi connectivity index (χ1n) is 3.98. The van der Waals surface area contributed by atoms with Crippen molar-refractivity contribution >= 4 is 11.8 Å². The molecule has 2 atom stereocenters. The minimum atomic E-state index is 0.109. The molecule has 1 rings (SSSR count). The van der Waals surface area contributed by atoms with Crippen LogP contribution in [0.5, 0.6) is 0 Å². The number of hydrogen-bond acceptors (Lipinski definition) is 2. The van der Waals surface area contributed by atoms with Crippen molar-refractivity contribution < 1.29 is 4.74 Å². The van der Waals surface area contributed by atoms with Crippen LogP contribution in [0.25, 0.3) is 0 Å². The van der Waals surface area contributed by atoms with Gasteiger partial charge in [0.2, 0.25) is 0 Å². The molecule has 0 aliphatic carbocycles. The topological polar surface area (TPSA) is 9.23 Å². The molecular formula is C8H16OS. The van der Waals surface area contributed by atoms with Gasteiger partial charge in [0.1, 0.15) is 4.93 Å². The Morgan fingerprint density at radius 2 is 2.40 bits per heavy atom. The van der Waals surface area contributed by atoms with Gasteiger partial charge in [-0.2, -0.15) is 0 Å². The summed E-state index contributed by atoms with van der Waals surface area (Å²) in [5.74, 6) is 1.26. The normalized spacial score (nSPS) is 41.7. The third kappa shape index (κ3) is 1.89. The summed E-state index contributed by atoms with van der Waals surface area (Å²) in [6.07, 6.45) is 2.79. The molecule has 0 spiro atoms. The van der Waals surface area contributed by atoms with Gasteiger partial charge in [-0.1, -0.05) is 6.92 Å². The highest BCUT2D eigenvalue weighted by atomic mass is 32.2. The molecule has 1 aliphatic rings. The number of ether oxygens (including phenoxy) is 1.